The smallest absolute Gasteiger partial charge is 0.263 e. The Balaban J connectivity index is 1.42. The maximum Gasteiger partial charge on any atom is 0.263 e. The van der Waals surface area contributed by atoms with Crippen molar-refractivity contribution in [3.05, 3.63) is 29.8 Å². The largest absolute Gasteiger partial charge is 0.386 e. The molecule has 0 N–H and O–H groups in total. The zero-order valence-electron chi connectivity index (χ0n) is 15.6. The number of carbonyl (C=O) groups excluding carboxylic acids is 1. The van der Waals surface area contributed by atoms with E-state index in [0.29, 0.717) is 6.04 Å². The molecule has 0 radical (unpaired) electrons. The maximum atomic E-state index is 12.2. The van der Waals surface area contributed by atoms with Crippen molar-refractivity contribution >= 4 is 17.8 Å². The highest BCUT2D eigenvalue weighted by molar-refractivity contribution is 5.80. The van der Waals surface area contributed by atoms with Crippen LogP contribution in [0.2, 0.25) is 0 Å². The highest BCUT2D eigenvalue weighted by Crippen LogP contribution is 2.21. The topological polar surface area (TPSA) is 54.4 Å². The van der Waals surface area contributed by atoms with Crippen LogP contribution in [0.5, 0.6) is 0 Å². The summed E-state index contributed by atoms with van der Waals surface area (Å²) in [7, 11) is 1.87. The van der Waals surface area contributed by atoms with Gasteiger partial charge in [-0.2, -0.15) is 0 Å². The summed E-state index contributed by atoms with van der Waals surface area (Å²) in [5.41, 5.74) is 2.14. The molecule has 6 heteroatoms. The third kappa shape index (κ3) is 5.21. The van der Waals surface area contributed by atoms with Gasteiger partial charge in [0, 0.05) is 31.9 Å². The van der Waals surface area contributed by atoms with Gasteiger partial charge in [-0.25, -0.2) is 0 Å². The summed E-state index contributed by atoms with van der Waals surface area (Å²) in [6.07, 6.45) is 7.55. The molecule has 0 atom stereocenters. The van der Waals surface area contributed by atoms with Crippen molar-refractivity contribution in [3.63, 3.8) is 0 Å². The van der Waals surface area contributed by atoms with E-state index in [9.17, 15) is 4.79 Å². The van der Waals surface area contributed by atoms with E-state index in [1.165, 1.54) is 24.9 Å². The fourth-order valence-electron chi connectivity index (χ4n) is 3.56. The Labute approximate surface area is 155 Å². The van der Waals surface area contributed by atoms with Crippen LogP contribution in [0, 0.1) is 0 Å². The average Bonchev–Trinajstić information content (AvgIpc) is 2.72. The Morgan fingerprint density at radius 1 is 1.23 bits per heavy atom. The molecule has 1 aromatic rings. The Kier molecular flexibility index (Phi) is 6.89. The summed E-state index contributed by atoms with van der Waals surface area (Å²) < 4.78 is 5.37. The van der Waals surface area contributed by atoms with Gasteiger partial charge in [-0.05, 0) is 30.5 Å². The molecule has 0 bridgehead atoms. The first-order valence-corrected chi connectivity index (χ1v) is 9.58. The third-order valence-electron chi connectivity index (χ3n) is 5.25. The van der Waals surface area contributed by atoms with E-state index in [0.717, 1.165) is 44.7 Å². The summed E-state index contributed by atoms with van der Waals surface area (Å²) in [4.78, 5) is 21.5. The molecule has 1 aliphatic heterocycles. The number of hydrogen-bond donors (Lipinski definition) is 0. The second kappa shape index (κ2) is 9.57. The molecule has 1 aromatic carbocycles. The second-order valence-corrected chi connectivity index (χ2v) is 7.00. The van der Waals surface area contributed by atoms with Crippen LogP contribution in [0.3, 0.4) is 0 Å². The molecule has 6 nitrogen and oxygen atoms in total. The van der Waals surface area contributed by atoms with Gasteiger partial charge in [0.15, 0.2) is 6.61 Å². The number of benzene rings is 1. The monoisotopic (exact) mass is 359 g/mol. The van der Waals surface area contributed by atoms with Crippen LogP contribution >= 0.6 is 0 Å². The number of likely N-dealkylation sites (N-methyl/N-ethyl adjacent to an activating group) is 1. The highest BCUT2D eigenvalue weighted by Gasteiger charge is 2.22. The SMILES string of the molecule is CN(C(=O)CO/N=C/c1ccc(N2CCOCC2)cc1)C1CCCCC1. The van der Waals surface area contributed by atoms with Gasteiger partial charge in [-0.1, -0.05) is 36.6 Å². The lowest BCUT2D eigenvalue weighted by atomic mass is 9.94. The molecule has 142 valence electrons. The summed E-state index contributed by atoms with van der Waals surface area (Å²) in [5, 5.41) is 3.95. The molecule has 2 aliphatic rings. The quantitative estimate of drug-likeness (QED) is 0.579. The summed E-state index contributed by atoms with van der Waals surface area (Å²) in [6.45, 7) is 3.40. The van der Waals surface area contributed by atoms with Crippen molar-refractivity contribution in [1.82, 2.24) is 4.90 Å². The molecule has 1 saturated carbocycles. The summed E-state index contributed by atoms with van der Waals surface area (Å²) in [6, 6.07) is 8.53. The van der Waals surface area contributed by atoms with Crippen LogP contribution in [0.4, 0.5) is 5.69 Å². The predicted molar refractivity (Wildman–Crippen MR) is 103 cm³/mol. The lowest BCUT2D eigenvalue weighted by Crippen LogP contribution is -2.40. The van der Waals surface area contributed by atoms with Crippen LogP contribution in [0.15, 0.2) is 29.4 Å². The van der Waals surface area contributed by atoms with Gasteiger partial charge in [-0.15, -0.1) is 0 Å². The second-order valence-electron chi connectivity index (χ2n) is 7.00. The van der Waals surface area contributed by atoms with Crippen molar-refractivity contribution in [1.29, 1.82) is 0 Å². The van der Waals surface area contributed by atoms with Crippen molar-refractivity contribution in [2.75, 3.05) is 44.9 Å². The van der Waals surface area contributed by atoms with Gasteiger partial charge in [0.05, 0.1) is 19.4 Å². The molecule has 0 spiro atoms. The normalized spacial score (nSPS) is 18.9. The molecule has 1 amide bonds. The first kappa shape index (κ1) is 18.7. The average molecular weight is 359 g/mol. The summed E-state index contributed by atoms with van der Waals surface area (Å²) >= 11 is 0. The van der Waals surface area contributed by atoms with Gasteiger partial charge in [0.25, 0.3) is 5.91 Å². The minimum Gasteiger partial charge on any atom is -0.386 e. The Morgan fingerprint density at radius 3 is 2.62 bits per heavy atom. The van der Waals surface area contributed by atoms with Crippen LogP contribution in [-0.4, -0.2) is 63.0 Å². The predicted octanol–water partition coefficient (Wildman–Crippen LogP) is 2.66. The Morgan fingerprint density at radius 2 is 1.92 bits per heavy atom. The van der Waals surface area contributed by atoms with E-state index in [-0.39, 0.29) is 12.5 Å². The molecule has 1 heterocycles. The lowest BCUT2D eigenvalue weighted by Gasteiger charge is -2.30. The fourth-order valence-corrected chi connectivity index (χ4v) is 3.56. The van der Waals surface area contributed by atoms with E-state index in [1.807, 2.05) is 24.1 Å². The van der Waals surface area contributed by atoms with E-state index >= 15 is 0 Å². The Hall–Kier alpha value is -2.08. The number of hydrogen-bond acceptors (Lipinski definition) is 5. The van der Waals surface area contributed by atoms with Gasteiger partial charge in [0.2, 0.25) is 0 Å². The highest BCUT2D eigenvalue weighted by atomic mass is 16.6. The zero-order valence-corrected chi connectivity index (χ0v) is 15.6. The number of anilines is 1. The molecule has 3 rings (SSSR count). The number of amides is 1. The Bertz CT molecular complexity index is 591. The van der Waals surface area contributed by atoms with E-state index < -0.39 is 0 Å². The van der Waals surface area contributed by atoms with Crippen LogP contribution in [0.1, 0.15) is 37.7 Å². The first-order valence-electron chi connectivity index (χ1n) is 9.58. The van der Waals surface area contributed by atoms with Gasteiger partial charge < -0.3 is 19.4 Å². The van der Waals surface area contributed by atoms with Crippen LogP contribution in [0.25, 0.3) is 0 Å². The van der Waals surface area contributed by atoms with Gasteiger partial charge >= 0.3 is 0 Å². The molecule has 26 heavy (non-hydrogen) atoms. The molecule has 2 fully saturated rings. The number of ether oxygens (including phenoxy) is 1. The third-order valence-corrected chi connectivity index (χ3v) is 5.25. The number of carbonyl (C=O) groups is 1. The standard InChI is InChI=1S/C20H29N3O3/c1-22(18-5-3-2-4-6-18)20(24)16-26-21-15-17-7-9-19(10-8-17)23-11-13-25-14-12-23/h7-10,15,18H,2-6,11-14,16H2,1H3/b21-15+. The van der Waals surface area contributed by atoms with Crippen molar-refractivity contribution in [2.24, 2.45) is 5.16 Å². The molecule has 0 unspecified atom stereocenters. The fraction of sp³-hybridized carbons (Fsp3) is 0.600. The molecular weight excluding hydrogens is 330 g/mol. The van der Waals surface area contributed by atoms with Crippen molar-refractivity contribution in [3.8, 4) is 0 Å². The van der Waals surface area contributed by atoms with E-state index in [2.05, 4.69) is 22.2 Å². The summed E-state index contributed by atoms with van der Waals surface area (Å²) in [5.74, 6) is -0.00304. The van der Waals surface area contributed by atoms with Crippen molar-refractivity contribution < 1.29 is 14.4 Å². The number of morpholine rings is 1. The lowest BCUT2D eigenvalue weighted by molar-refractivity contribution is -0.137. The first-order chi connectivity index (χ1) is 12.7. The zero-order chi connectivity index (χ0) is 18.2. The van der Waals surface area contributed by atoms with Crippen LogP contribution < -0.4 is 4.90 Å². The number of oxime groups is 1. The van der Waals surface area contributed by atoms with Gasteiger partial charge in [0.1, 0.15) is 0 Å². The molecule has 1 saturated heterocycles. The number of nitrogens with zero attached hydrogens (tertiary/aromatic N) is 3. The minimum atomic E-state index is -0.00460. The molecular formula is C20H29N3O3. The maximum absolute atomic E-state index is 12.2. The number of rotatable bonds is 6. The van der Waals surface area contributed by atoms with Gasteiger partial charge in [-0.3, -0.25) is 4.79 Å². The van der Waals surface area contributed by atoms with Crippen LogP contribution in [-0.2, 0) is 14.4 Å². The van der Waals surface area contributed by atoms with E-state index in [4.69, 9.17) is 9.57 Å². The minimum absolute atomic E-state index is 0.00304. The molecule has 1 aliphatic carbocycles. The molecule has 0 aromatic heterocycles. The van der Waals surface area contributed by atoms with E-state index in [1.54, 1.807) is 6.21 Å². The van der Waals surface area contributed by atoms with Crippen molar-refractivity contribution in [2.45, 2.75) is 38.1 Å².